The van der Waals surface area contributed by atoms with Gasteiger partial charge in [0, 0.05) is 6.20 Å². The van der Waals surface area contributed by atoms with Crippen molar-refractivity contribution >= 4 is 0 Å². The highest BCUT2D eigenvalue weighted by atomic mass is 16.5. The molecule has 4 aliphatic rings. The number of hydrogen-bond donors (Lipinski definition) is 0. The number of pyridine rings is 1. The Kier molecular flexibility index (Phi) is 2.03. The summed E-state index contributed by atoms with van der Waals surface area (Å²) in [4.78, 5) is 4.16. The molecule has 0 radical (unpaired) electrons. The fourth-order valence-corrected chi connectivity index (χ4v) is 4.81. The molecule has 90 valence electrons. The van der Waals surface area contributed by atoms with Gasteiger partial charge < -0.3 is 4.74 Å². The van der Waals surface area contributed by atoms with Crippen LogP contribution in [0.5, 0.6) is 5.75 Å². The lowest BCUT2D eigenvalue weighted by atomic mass is 9.54. The summed E-state index contributed by atoms with van der Waals surface area (Å²) in [7, 11) is 0. The molecule has 1 aromatic heterocycles. The van der Waals surface area contributed by atoms with E-state index in [2.05, 4.69) is 4.98 Å². The van der Waals surface area contributed by atoms with Gasteiger partial charge in [0.15, 0.2) is 0 Å². The molecule has 0 aromatic carbocycles. The smallest absolute Gasteiger partial charge is 0.138 e. The van der Waals surface area contributed by atoms with Crippen molar-refractivity contribution in [3.8, 4) is 5.75 Å². The Hall–Kier alpha value is -1.05. The first-order chi connectivity index (χ1) is 8.31. The second-order valence-electron chi connectivity index (χ2n) is 6.39. The standard InChI is InChI=1S/C15H19NO/c1-2-14(10-16-3-1)17-15-7-11-4-12(8-15)6-13(5-11)9-15/h1-3,10-13H,4-9H2. The van der Waals surface area contributed by atoms with Gasteiger partial charge in [-0.15, -0.1) is 0 Å². The Balaban J connectivity index is 1.61. The zero-order valence-electron chi connectivity index (χ0n) is 10.1. The van der Waals surface area contributed by atoms with Crippen LogP contribution in [-0.4, -0.2) is 10.6 Å². The fraction of sp³-hybridized carbons (Fsp3) is 0.667. The predicted molar refractivity (Wildman–Crippen MR) is 65.8 cm³/mol. The van der Waals surface area contributed by atoms with Crippen LogP contribution in [0.15, 0.2) is 24.5 Å². The summed E-state index contributed by atoms with van der Waals surface area (Å²) in [5, 5.41) is 0. The number of ether oxygens (including phenoxy) is 1. The van der Waals surface area contributed by atoms with Gasteiger partial charge in [-0.3, -0.25) is 4.98 Å². The van der Waals surface area contributed by atoms with Crippen LogP contribution in [0.2, 0.25) is 0 Å². The van der Waals surface area contributed by atoms with E-state index in [9.17, 15) is 0 Å². The molecule has 4 saturated carbocycles. The van der Waals surface area contributed by atoms with Gasteiger partial charge in [0.1, 0.15) is 11.4 Å². The largest absolute Gasteiger partial charge is 0.486 e. The molecule has 0 unspecified atom stereocenters. The average molecular weight is 229 g/mol. The molecule has 2 heteroatoms. The fourth-order valence-electron chi connectivity index (χ4n) is 4.81. The highest BCUT2D eigenvalue weighted by Crippen LogP contribution is 2.56. The van der Waals surface area contributed by atoms with Crippen molar-refractivity contribution in [1.29, 1.82) is 0 Å². The first-order valence-corrected chi connectivity index (χ1v) is 6.90. The molecule has 1 aromatic rings. The molecule has 4 bridgehead atoms. The Morgan fingerprint density at radius 1 is 1.06 bits per heavy atom. The number of hydrogen-bond acceptors (Lipinski definition) is 2. The third-order valence-electron chi connectivity index (χ3n) is 4.95. The minimum absolute atomic E-state index is 0.164. The first-order valence-electron chi connectivity index (χ1n) is 6.90. The Morgan fingerprint density at radius 2 is 1.71 bits per heavy atom. The summed E-state index contributed by atoms with van der Waals surface area (Å²) in [5.74, 6) is 3.79. The normalized spacial score (nSPS) is 42.7. The van der Waals surface area contributed by atoms with E-state index in [-0.39, 0.29) is 5.60 Å². The molecule has 2 nitrogen and oxygen atoms in total. The summed E-state index contributed by atoms with van der Waals surface area (Å²) >= 11 is 0. The second kappa shape index (κ2) is 3.47. The number of aromatic nitrogens is 1. The maximum atomic E-state index is 6.35. The van der Waals surface area contributed by atoms with E-state index in [0.717, 1.165) is 23.5 Å². The molecule has 0 atom stereocenters. The van der Waals surface area contributed by atoms with Crippen LogP contribution in [-0.2, 0) is 0 Å². The highest BCUT2D eigenvalue weighted by molar-refractivity contribution is 5.18. The van der Waals surface area contributed by atoms with Crippen LogP contribution < -0.4 is 4.74 Å². The van der Waals surface area contributed by atoms with Crippen LogP contribution >= 0.6 is 0 Å². The molecule has 0 spiro atoms. The molecule has 4 aliphatic carbocycles. The van der Waals surface area contributed by atoms with Gasteiger partial charge in [-0.1, -0.05) is 0 Å². The number of nitrogens with zero attached hydrogens (tertiary/aromatic N) is 1. The minimum Gasteiger partial charge on any atom is -0.486 e. The summed E-state index contributed by atoms with van der Waals surface area (Å²) in [6.07, 6.45) is 11.9. The van der Waals surface area contributed by atoms with E-state index in [0.29, 0.717) is 0 Å². The van der Waals surface area contributed by atoms with E-state index in [1.165, 1.54) is 38.5 Å². The Bertz CT molecular complexity index is 379. The van der Waals surface area contributed by atoms with Crippen molar-refractivity contribution in [3.05, 3.63) is 24.5 Å². The lowest BCUT2D eigenvalue weighted by Crippen LogP contribution is -2.53. The van der Waals surface area contributed by atoms with Crippen molar-refractivity contribution in [1.82, 2.24) is 4.98 Å². The van der Waals surface area contributed by atoms with Gasteiger partial charge >= 0.3 is 0 Å². The van der Waals surface area contributed by atoms with Crippen molar-refractivity contribution in [2.75, 3.05) is 0 Å². The molecule has 1 heterocycles. The Morgan fingerprint density at radius 3 is 2.24 bits per heavy atom. The third kappa shape index (κ3) is 1.65. The van der Waals surface area contributed by atoms with Crippen LogP contribution in [0.3, 0.4) is 0 Å². The zero-order valence-corrected chi connectivity index (χ0v) is 10.1. The topological polar surface area (TPSA) is 22.1 Å². The second-order valence-corrected chi connectivity index (χ2v) is 6.39. The molecule has 0 saturated heterocycles. The van der Waals surface area contributed by atoms with Gasteiger partial charge in [-0.25, -0.2) is 0 Å². The predicted octanol–water partition coefficient (Wildman–Crippen LogP) is 3.43. The molecule has 17 heavy (non-hydrogen) atoms. The zero-order chi connectivity index (χ0) is 11.3. The summed E-state index contributed by atoms with van der Waals surface area (Å²) in [6.45, 7) is 0. The monoisotopic (exact) mass is 229 g/mol. The SMILES string of the molecule is c1cncc(OC23CC4CC(CC(C4)C2)C3)c1. The van der Waals surface area contributed by atoms with Gasteiger partial charge in [0.2, 0.25) is 0 Å². The minimum atomic E-state index is 0.164. The van der Waals surface area contributed by atoms with Crippen molar-refractivity contribution in [2.24, 2.45) is 17.8 Å². The van der Waals surface area contributed by atoms with E-state index < -0.39 is 0 Å². The van der Waals surface area contributed by atoms with E-state index in [1.54, 1.807) is 0 Å². The van der Waals surface area contributed by atoms with Crippen LogP contribution in [0.1, 0.15) is 38.5 Å². The first kappa shape index (κ1) is 9.93. The molecular formula is C15H19NO. The molecule has 0 amide bonds. The highest BCUT2D eigenvalue weighted by Gasteiger charge is 2.52. The van der Waals surface area contributed by atoms with Crippen molar-refractivity contribution in [2.45, 2.75) is 44.1 Å². The lowest BCUT2D eigenvalue weighted by molar-refractivity contribution is -0.107. The molecule has 0 N–H and O–H groups in total. The quantitative estimate of drug-likeness (QED) is 0.775. The van der Waals surface area contributed by atoms with Gasteiger partial charge in [-0.2, -0.15) is 0 Å². The average Bonchev–Trinajstić information content (AvgIpc) is 2.27. The summed E-state index contributed by atoms with van der Waals surface area (Å²) in [5.41, 5.74) is 0.164. The third-order valence-corrected chi connectivity index (χ3v) is 4.95. The van der Waals surface area contributed by atoms with E-state index >= 15 is 0 Å². The number of rotatable bonds is 2. The summed E-state index contributed by atoms with van der Waals surface area (Å²) in [6, 6.07) is 4.02. The molecule has 5 rings (SSSR count). The van der Waals surface area contributed by atoms with Crippen LogP contribution in [0.4, 0.5) is 0 Å². The molecular weight excluding hydrogens is 210 g/mol. The summed E-state index contributed by atoms with van der Waals surface area (Å²) < 4.78 is 6.35. The van der Waals surface area contributed by atoms with Crippen LogP contribution in [0, 0.1) is 17.8 Å². The van der Waals surface area contributed by atoms with Crippen LogP contribution in [0.25, 0.3) is 0 Å². The van der Waals surface area contributed by atoms with Crippen molar-refractivity contribution < 1.29 is 4.74 Å². The van der Waals surface area contributed by atoms with E-state index in [1.807, 2.05) is 24.5 Å². The van der Waals surface area contributed by atoms with Gasteiger partial charge in [0.25, 0.3) is 0 Å². The van der Waals surface area contributed by atoms with Crippen molar-refractivity contribution in [3.63, 3.8) is 0 Å². The maximum Gasteiger partial charge on any atom is 0.138 e. The Labute approximate surface area is 102 Å². The maximum absolute atomic E-state index is 6.35. The van der Waals surface area contributed by atoms with Gasteiger partial charge in [0.05, 0.1) is 6.20 Å². The molecule has 0 aliphatic heterocycles. The van der Waals surface area contributed by atoms with E-state index in [4.69, 9.17) is 4.74 Å². The van der Waals surface area contributed by atoms with Gasteiger partial charge in [-0.05, 0) is 68.4 Å². The molecule has 4 fully saturated rings. The lowest BCUT2D eigenvalue weighted by Gasteiger charge is -2.56.